The van der Waals surface area contributed by atoms with E-state index in [1.807, 2.05) is 47.6 Å². The van der Waals surface area contributed by atoms with Crippen LogP contribution in [0.1, 0.15) is 79.1 Å². The van der Waals surface area contributed by atoms with Gasteiger partial charge in [0, 0.05) is 12.6 Å². The molecule has 0 aliphatic carbocycles. The van der Waals surface area contributed by atoms with Gasteiger partial charge in [-0.2, -0.15) is 0 Å². The maximum absolute atomic E-state index is 13.2. The maximum Gasteiger partial charge on any atom is 0.494 e. The molecule has 1 N–H and O–H groups in total. The van der Waals surface area contributed by atoms with E-state index in [9.17, 15) is 4.79 Å². The zero-order valence-corrected chi connectivity index (χ0v) is 20.3. The Morgan fingerprint density at radius 1 is 1.07 bits per heavy atom. The molecule has 0 saturated carbocycles. The van der Waals surface area contributed by atoms with E-state index in [0.717, 1.165) is 11.9 Å². The van der Waals surface area contributed by atoms with Crippen LogP contribution in [-0.4, -0.2) is 43.7 Å². The second-order valence-electron chi connectivity index (χ2n) is 11.0. The van der Waals surface area contributed by atoms with Gasteiger partial charge in [0.25, 0.3) is 5.91 Å². The number of carbonyl (C=O) groups is 1. The van der Waals surface area contributed by atoms with Crippen molar-refractivity contribution in [2.45, 2.75) is 85.5 Å². The molecule has 0 aromatic heterocycles. The maximum atomic E-state index is 13.2. The quantitative estimate of drug-likeness (QED) is 0.536. The summed E-state index contributed by atoms with van der Waals surface area (Å²) >= 11 is 0. The molecule has 1 aliphatic rings. The van der Waals surface area contributed by atoms with Crippen molar-refractivity contribution >= 4 is 18.5 Å². The molecule has 0 unspecified atom stereocenters. The highest BCUT2D eigenvalue weighted by Gasteiger charge is 2.51. The molecule has 168 valence electrons. The number of methoxy groups -OCH3 is 1. The Balaban J connectivity index is 2.34. The zero-order valence-electron chi connectivity index (χ0n) is 20.3. The number of amides is 1. The molecule has 1 fully saturated rings. The minimum Gasteiger partial charge on any atom is -0.467 e. The van der Waals surface area contributed by atoms with E-state index in [1.165, 1.54) is 0 Å². The molecule has 6 nitrogen and oxygen atoms in total. The number of hydrogen-bond donors (Lipinski definition) is 1. The lowest BCUT2D eigenvalue weighted by Crippen LogP contribution is -2.46. The number of rotatable bonds is 7. The molecule has 1 aliphatic heterocycles. The SMILES string of the molecule is COCOc1ccc(B2OC(C)(C)C(C)(C)O2)cc1C(=O)NC(C)(C)CC(C)(C)C. The lowest BCUT2D eigenvalue weighted by atomic mass is 9.78. The van der Waals surface area contributed by atoms with Gasteiger partial charge in [-0.05, 0) is 71.0 Å². The fourth-order valence-electron chi connectivity index (χ4n) is 3.84. The van der Waals surface area contributed by atoms with Gasteiger partial charge in [-0.25, -0.2) is 0 Å². The van der Waals surface area contributed by atoms with E-state index in [4.69, 9.17) is 18.8 Å². The minimum absolute atomic E-state index is 0.0570. The first kappa shape index (κ1) is 24.7. The highest BCUT2D eigenvalue weighted by molar-refractivity contribution is 6.62. The summed E-state index contributed by atoms with van der Waals surface area (Å²) in [4.78, 5) is 13.2. The Morgan fingerprint density at radius 2 is 1.63 bits per heavy atom. The van der Waals surface area contributed by atoms with Gasteiger partial charge in [0.1, 0.15) is 5.75 Å². The standard InChI is InChI=1S/C23H38BNO5/c1-20(2,3)14-21(4,5)25-19(26)17-13-16(11-12-18(17)28-15-27-10)24-29-22(6,7)23(8,9)30-24/h11-13H,14-15H2,1-10H3,(H,25,26). The van der Waals surface area contributed by atoms with Gasteiger partial charge >= 0.3 is 7.12 Å². The monoisotopic (exact) mass is 419 g/mol. The van der Waals surface area contributed by atoms with E-state index in [1.54, 1.807) is 19.2 Å². The van der Waals surface area contributed by atoms with E-state index in [0.29, 0.717) is 11.3 Å². The van der Waals surface area contributed by atoms with Gasteiger partial charge in [-0.15, -0.1) is 0 Å². The van der Waals surface area contributed by atoms with E-state index in [2.05, 4.69) is 26.1 Å². The highest BCUT2D eigenvalue weighted by atomic mass is 16.7. The summed E-state index contributed by atoms with van der Waals surface area (Å²) in [5, 5.41) is 3.15. The molecule has 0 bridgehead atoms. The summed E-state index contributed by atoms with van der Waals surface area (Å²) in [5.41, 5.74) is -0.0104. The van der Waals surface area contributed by atoms with Crippen LogP contribution in [0.2, 0.25) is 0 Å². The second kappa shape index (κ2) is 8.52. The van der Waals surface area contributed by atoms with Gasteiger partial charge in [0.15, 0.2) is 6.79 Å². The van der Waals surface area contributed by atoms with Crippen LogP contribution < -0.4 is 15.5 Å². The summed E-state index contributed by atoms with van der Waals surface area (Å²) in [5.74, 6) is 0.259. The van der Waals surface area contributed by atoms with Crippen LogP contribution in [0.3, 0.4) is 0 Å². The van der Waals surface area contributed by atoms with Crippen molar-refractivity contribution < 1.29 is 23.6 Å². The molecule has 1 aromatic rings. The van der Waals surface area contributed by atoms with E-state index < -0.39 is 18.3 Å². The molecule has 30 heavy (non-hydrogen) atoms. The van der Waals surface area contributed by atoms with Crippen molar-refractivity contribution in [3.8, 4) is 5.75 Å². The molecule has 2 rings (SSSR count). The molecular weight excluding hydrogens is 381 g/mol. The van der Waals surface area contributed by atoms with Gasteiger partial charge in [-0.3, -0.25) is 4.79 Å². The van der Waals surface area contributed by atoms with Crippen molar-refractivity contribution in [1.29, 1.82) is 0 Å². The van der Waals surface area contributed by atoms with Crippen LogP contribution in [0.5, 0.6) is 5.75 Å². The lowest BCUT2D eigenvalue weighted by Gasteiger charge is -2.33. The zero-order chi connectivity index (χ0) is 23.0. The summed E-state index contributed by atoms with van der Waals surface area (Å²) in [6.07, 6.45) is 0.830. The van der Waals surface area contributed by atoms with Crippen LogP contribution >= 0.6 is 0 Å². The van der Waals surface area contributed by atoms with E-state index in [-0.39, 0.29) is 23.7 Å². The summed E-state index contributed by atoms with van der Waals surface area (Å²) in [6.45, 7) is 18.6. The van der Waals surface area contributed by atoms with Crippen molar-refractivity contribution in [2.24, 2.45) is 5.41 Å². The van der Waals surface area contributed by atoms with Gasteiger partial charge in [0.05, 0.1) is 16.8 Å². The molecule has 1 saturated heterocycles. The summed E-state index contributed by atoms with van der Waals surface area (Å²) < 4.78 is 23.0. The first-order chi connectivity index (χ1) is 13.6. The van der Waals surface area contributed by atoms with Crippen LogP contribution in [0.4, 0.5) is 0 Å². The van der Waals surface area contributed by atoms with Crippen LogP contribution in [0.15, 0.2) is 18.2 Å². The molecule has 1 amide bonds. The Labute approximate surface area is 182 Å². The average Bonchev–Trinajstić information content (AvgIpc) is 2.77. The summed E-state index contributed by atoms with van der Waals surface area (Å²) in [6, 6.07) is 5.42. The molecular formula is C23H38BNO5. The molecule has 0 atom stereocenters. The Hall–Kier alpha value is -1.57. The van der Waals surface area contributed by atoms with Gasteiger partial charge in [-0.1, -0.05) is 26.8 Å². The second-order valence-corrected chi connectivity index (χ2v) is 11.0. The Kier molecular flexibility index (Phi) is 7.02. The molecule has 0 spiro atoms. The third kappa shape index (κ3) is 5.99. The molecule has 7 heteroatoms. The van der Waals surface area contributed by atoms with Gasteiger partial charge in [0.2, 0.25) is 0 Å². The highest BCUT2D eigenvalue weighted by Crippen LogP contribution is 2.37. The fraction of sp³-hybridized carbons (Fsp3) is 0.696. The Bertz CT molecular complexity index is 751. The summed E-state index contributed by atoms with van der Waals surface area (Å²) in [7, 11) is 0.992. The number of ether oxygens (including phenoxy) is 2. The van der Waals surface area contributed by atoms with Gasteiger partial charge < -0.3 is 24.1 Å². The predicted molar refractivity (Wildman–Crippen MR) is 120 cm³/mol. The first-order valence-corrected chi connectivity index (χ1v) is 10.5. The van der Waals surface area contributed by atoms with E-state index >= 15 is 0 Å². The first-order valence-electron chi connectivity index (χ1n) is 10.5. The molecule has 1 aromatic carbocycles. The lowest BCUT2D eigenvalue weighted by molar-refractivity contribution is 0.00578. The number of hydrogen-bond acceptors (Lipinski definition) is 5. The number of nitrogens with one attached hydrogen (secondary N) is 1. The number of benzene rings is 1. The minimum atomic E-state index is -0.555. The smallest absolute Gasteiger partial charge is 0.467 e. The predicted octanol–water partition coefficient (Wildman–Crippen LogP) is 3.91. The topological polar surface area (TPSA) is 66.0 Å². The normalized spacial score (nSPS) is 18.4. The largest absolute Gasteiger partial charge is 0.494 e. The Morgan fingerprint density at radius 3 is 2.13 bits per heavy atom. The number of carbonyl (C=O) groups excluding carboxylic acids is 1. The third-order valence-corrected chi connectivity index (χ3v) is 5.53. The van der Waals surface area contributed by atoms with Crippen LogP contribution in [-0.2, 0) is 14.0 Å². The van der Waals surface area contributed by atoms with Crippen molar-refractivity contribution in [1.82, 2.24) is 5.32 Å². The fourth-order valence-corrected chi connectivity index (χ4v) is 3.84. The average molecular weight is 419 g/mol. The van der Waals surface area contributed by atoms with Crippen molar-refractivity contribution in [3.63, 3.8) is 0 Å². The molecule has 1 heterocycles. The third-order valence-electron chi connectivity index (χ3n) is 5.53. The van der Waals surface area contributed by atoms with Crippen LogP contribution in [0.25, 0.3) is 0 Å². The molecule has 0 radical (unpaired) electrons. The van der Waals surface area contributed by atoms with Crippen LogP contribution in [0, 0.1) is 5.41 Å². The van der Waals surface area contributed by atoms with Crippen molar-refractivity contribution in [3.05, 3.63) is 23.8 Å². The van der Waals surface area contributed by atoms with Crippen molar-refractivity contribution in [2.75, 3.05) is 13.9 Å².